The molecule has 4 saturated carbocycles. The van der Waals surface area contributed by atoms with Crippen LogP contribution in [0.25, 0.3) is 0 Å². The summed E-state index contributed by atoms with van der Waals surface area (Å²) in [6, 6.07) is 0. The number of ether oxygens (including phenoxy) is 1. The van der Waals surface area contributed by atoms with Crippen LogP contribution in [-0.4, -0.2) is 12.7 Å². The third kappa shape index (κ3) is 2.96. The van der Waals surface area contributed by atoms with Gasteiger partial charge >= 0.3 is 0 Å². The molecular formula is C27H46O. The molecule has 0 bridgehead atoms. The second-order valence-electron chi connectivity index (χ2n) is 12.5. The minimum Gasteiger partial charge on any atom is -0.378 e. The molecule has 10 atom stereocenters. The highest BCUT2D eigenvalue weighted by atomic mass is 16.5. The van der Waals surface area contributed by atoms with Crippen LogP contribution in [0, 0.1) is 52.3 Å². The molecular weight excluding hydrogens is 340 g/mol. The summed E-state index contributed by atoms with van der Waals surface area (Å²) in [5.41, 5.74) is 1.29. The lowest BCUT2D eigenvalue weighted by Crippen LogP contribution is -2.53. The molecule has 160 valence electrons. The summed E-state index contributed by atoms with van der Waals surface area (Å²) >= 11 is 0. The Kier molecular flexibility index (Phi) is 5.17. The van der Waals surface area contributed by atoms with Crippen LogP contribution in [0.5, 0.6) is 0 Å². The van der Waals surface area contributed by atoms with Gasteiger partial charge in [0.25, 0.3) is 0 Å². The molecule has 28 heavy (non-hydrogen) atoms. The SMILES string of the molecule is CC1CCC(C(C)C2CCC3C4CCC5CCCCC5(C)C4CCC23C)OC1. The van der Waals surface area contributed by atoms with Gasteiger partial charge < -0.3 is 4.74 Å². The molecule has 1 heteroatoms. The van der Waals surface area contributed by atoms with Crippen LogP contribution in [0.3, 0.4) is 0 Å². The number of hydrogen-bond acceptors (Lipinski definition) is 1. The van der Waals surface area contributed by atoms with E-state index in [9.17, 15) is 0 Å². The monoisotopic (exact) mass is 386 g/mol. The maximum Gasteiger partial charge on any atom is 0.0603 e. The Morgan fingerprint density at radius 3 is 2.39 bits per heavy atom. The van der Waals surface area contributed by atoms with E-state index in [0.717, 1.165) is 48.0 Å². The third-order valence-corrected chi connectivity index (χ3v) is 11.4. The Balaban J connectivity index is 1.34. The zero-order valence-corrected chi connectivity index (χ0v) is 19.2. The Morgan fingerprint density at radius 1 is 0.786 bits per heavy atom. The van der Waals surface area contributed by atoms with E-state index >= 15 is 0 Å². The minimum atomic E-state index is 0.543. The van der Waals surface area contributed by atoms with Crippen LogP contribution in [0.15, 0.2) is 0 Å². The molecule has 1 aliphatic heterocycles. The van der Waals surface area contributed by atoms with Gasteiger partial charge in [-0.2, -0.15) is 0 Å². The molecule has 5 aliphatic rings. The molecule has 0 aromatic rings. The zero-order valence-electron chi connectivity index (χ0n) is 19.2. The van der Waals surface area contributed by atoms with Crippen LogP contribution < -0.4 is 0 Å². The first-order valence-electron chi connectivity index (χ1n) is 13.0. The highest BCUT2D eigenvalue weighted by Gasteiger charge is 2.60. The second kappa shape index (κ2) is 7.28. The summed E-state index contributed by atoms with van der Waals surface area (Å²) in [5.74, 6) is 6.61. The first kappa shape index (κ1) is 19.9. The second-order valence-corrected chi connectivity index (χ2v) is 12.5. The fourth-order valence-electron chi connectivity index (χ4n) is 9.78. The molecule has 0 amide bonds. The summed E-state index contributed by atoms with van der Waals surface area (Å²) in [4.78, 5) is 0. The first-order valence-corrected chi connectivity index (χ1v) is 13.0. The van der Waals surface area contributed by atoms with Gasteiger partial charge in [0.05, 0.1) is 6.10 Å². The Labute approximate surface area is 174 Å². The van der Waals surface area contributed by atoms with Gasteiger partial charge in [-0.3, -0.25) is 0 Å². The Bertz CT molecular complexity index is 563. The van der Waals surface area contributed by atoms with Crippen molar-refractivity contribution in [2.75, 3.05) is 6.61 Å². The largest absolute Gasteiger partial charge is 0.378 e. The van der Waals surface area contributed by atoms with Crippen LogP contribution in [-0.2, 0) is 4.74 Å². The topological polar surface area (TPSA) is 9.23 Å². The summed E-state index contributed by atoms with van der Waals surface area (Å²) in [5, 5.41) is 0. The highest BCUT2D eigenvalue weighted by Crippen LogP contribution is 2.68. The summed E-state index contributed by atoms with van der Waals surface area (Å²) in [6.07, 6.45) is 18.5. The van der Waals surface area contributed by atoms with E-state index in [1.165, 1.54) is 57.8 Å². The molecule has 10 unspecified atom stereocenters. The molecule has 0 aromatic carbocycles. The van der Waals surface area contributed by atoms with E-state index in [4.69, 9.17) is 4.74 Å². The van der Waals surface area contributed by atoms with Crippen molar-refractivity contribution in [2.24, 2.45) is 52.3 Å². The lowest BCUT2D eigenvalue weighted by atomic mass is 9.44. The van der Waals surface area contributed by atoms with E-state index < -0.39 is 0 Å². The zero-order chi connectivity index (χ0) is 19.5. The van der Waals surface area contributed by atoms with E-state index in [1.807, 2.05) is 0 Å². The fourth-order valence-corrected chi connectivity index (χ4v) is 9.78. The van der Waals surface area contributed by atoms with E-state index in [0.29, 0.717) is 16.9 Å². The Hall–Kier alpha value is -0.0400. The standard InChI is InChI=1S/C27H46O/c1-18-8-13-25(28-17-18)19(2)22-11-12-23-21-10-9-20-7-5-6-15-26(20,3)24(21)14-16-27(22,23)4/h18-25H,5-17H2,1-4H3. The average molecular weight is 387 g/mol. The summed E-state index contributed by atoms with van der Waals surface area (Å²) < 4.78 is 6.38. The van der Waals surface area contributed by atoms with Crippen molar-refractivity contribution in [1.82, 2.24) is 0 Å². The summed E-state index contributed by atoms with van der Waals surface area (Å²) in [6.45, 7) is 11.4. The van der Waals surface area contributed by atoms with Gasteiger partial charge in [-0.05, 0) is 116 Å². The highest BCUT2D eigenvalue weighted by molar-refractivity contribution is 5.09. The quantitative estimate of drug-likeness (QED) is 0.478. The number of rotatable bonds is 2. The molecule has 1 heterocycles. The minimum absolute atomic E-state index is 0.543. The molecule has 0 radical (unpaired) electrons. The third-order valence-electron chi connectivity index (χ3n) is 11.4. The smallest absolute Gasteiger partial charge is 0.0603 e. The van der Waals surface area contributed by atoms with Crippen LogP contribution in [0.4, 0.5) is 0 Å². The van der Waals surface area contributed by atoms with E-state index in [1.54, 1.807) is 19.3 Å². The lowest BCUT2D eigenvalue weighted by Gasteiger charge is -2.61. The first-order chi connectivity index (χ1) is 13.4. The molecule has 5 rings (SSSR count). The van der Waals surface area contributed by atoms with Gasteiger partial charge in [-0.25, -0.2) is 0 Å². The van der Waals surface area contributed by atoms with Crippen LogP contribution >= 0.6 is 0 Å². The normalized spacial score (nSPS) is 55.1. The van der Waals surface area contributed by atoms with Crippen molar-refractivity contribution in [1.29, 1.82) is 0 Å². The molecule has 4 aliphatic carbocycles. The summed E-state index contributed by atoms with van der Waals surface area (Å²) in [7, 11) is 0. The van der Waals surface area contributed by atoms with Crippen molar-refractivity contribution in [3.05, 3.63) is 0 Å². The van der Waals surface area contributed by atoms with Gasteiger partial charge in [0, 0.05) is 6.61 Å². The van der Waals surface area contributed by atoms with E-state index in [2.05, 4.69) is 27.7 Å². The van der Waals surface area contributed by atoms with Gasteiger partial charge in [0.1, 0.15) is 0 Å². The molecule has 0 aromatic heterocycles. The predicted molar refractivity (Wildman–Crippen MR) is 117 cm³/mol. The van der Waals surface area contributed by atoms with Gasteiger partial charge in [-0.15, -0.1) is 0 Å². The molecule has 1 saturated heterocycles. The van der Waals surface area contributed by atoms with Gasteiger partial charge in [0.15, 0.2) is 0 Å². The van der Waals surface area contributed by atoms with Crippen molar-refractivity contribution in [2.45, 2.75) is 111 Å². The molecule has 5 fully saturated rings. The maximum atomic E-state index is 6.38. The molecule has 1 nitrogen and oxygen atoms in total. The van der Waals surface area contributed by atoms with Gasteiger partial charge in [0.2, 0.25) is 0 Å². The van der Waals surface area contributed by atoms with Gasteiger partial charge in [-0.1, -0.05) is 40.5 Å². The van der Waals surface area contributed by atoms with Crippen molar-refractivity contribution in [3.63, 3.8) is 0 Å². The fraction of sp³-hybridized carbons (Fsp3) is 1.00. The molecule has 0 spiro atoms. The van der Waals surface area contributed by atoms with Crippen molar-refractivity contribution < 1.29 is 4.74 Å². The lowest BCUT2D eigenvalue weighted by molar-refractivity contribution is -0.125. The maximum absolute atomic E-state index is 6.38. The predicted octanol–water partition coefficient (Wildman–Crippen LogP) is 7.49. The number of hydrogen-bond donors (Lipinski definition) is 0. The van der Waals surface area contributed by atoms with E-state index in [-0.39, 0.29) is 0 Å². The number of fused-ring (bicyclic) bond motifs is 5. The molecule has 0 N–H and O–H groups in total. The van der Waals surface area contributed by atoms with Crippen molar-refractivity contribution >= 4 is 0 Å². The average Bonchev–Trinajstić information content (AvgIpc) is 3.05. The van der Waals surface area contributed by atoms with Crippen molar-refractivity contribution in [3.8, 4) is 0 Å². The van der Waals surface area contributed by atoms with Crippen LogP contribution in [0.2, 0.25) is 0 Å². The van der Waals surface area contributed by atoms with Crippen LogP contribution in [0.1, 0.15) is 105 Å². The Morgan fingerprint density at radius 2 is 1.61 bits per heavy atom.